The minimum atomic E-state index is -0.725. The van der Waals surface area contributed by atoms with Crippen LogP contribution in [0.25, 0.3) is 0 Å². The largest absolute Gasteiger partial charge is 0.540 e. The molecule has 0 atom stereocenters. The highest BCUT2D eigenvalue weighted by Crippen LogP contribution is 2.21. The van der Waals surface area contributed by atoms with Gasteiger partial charge in [-0.2, -0.15) is 4.89 Å². The number of carbonyl (C=O) groups is 1. The summed E-state index contributed by atoms with van der Waals surface area (Å²) < 4.78 is 5.10. The van der Waals surface area contributed by atoms with E-state index in [2.05, 4.69) is 4.89 Å². The molecule has 0 unspecified atom stereocenters. The molecule has 15 heavy (non-hydrogen) atoms. The van der Waals surface area contributed by atoms with Gasteiger partial charge in [0.05, 0.1) is 0 Å². The normalized spacial score (nSPS) is 18.6. The predicted octanol–water partition coefficient (Wildman–Crippen LogP) is 3.20. The number of hydrogen-bond donors (Lipinski definition) is 0. The molecule has 0 aliphatic heterocycles. The lowest BCUT2D eigenvalue weighted by atomic mass is 9.98. The molecule has 0 aromatic rings. The fourth-order valence-corrected chi connectivity index (χ4v) is 1.50. The molecule has 1 rings (SSSR count). The zero-order chi connectivity index (χ0) is 11.3. The van der Waals surface area contributed by atoms with Gasteiger partial charge in [-0.3, -0.25) is 4.89 Å². The van der Waals surface area contributed by atoms with Crippen molar-refractivity contribution in [1.82, 2.24) is 0 Å². The molecule has 0 heterocycles. The van der Waals surface area contributed by atoms with Gasteiger partial charge >= 0.3 is 6.16 Å². The zero-order valence-electron chi connectivity index (χ0n) is 9.75. The lowest BCUT2D eigenvalue weighted by Crippen LogP contribution is -2.26. The summed E-state index contributed by atoms with van der Waals surface area (Å²) in [6.07, 6.45) is 4.63. The summed E-state index contributed by atoms with van der Waals surface area (Å²) in [6.45, 7) is 5.42. The quantitative estimate of drug-likeness (QED) is 0.404. The highest BCUT2D eigenvalue weighted by molar-refractivity contribution is 5.59. The average molecular weight is 216 g/mol. The van der Waals surface area contributed by atoms with Crippen molar-refractivity contribution < 1.29 is 19.3 Å². The van der Waals surface area contributed by atoms with Gasteiger partial charge in [0.25, 0.3) is 0 Å². The van der Waals surface area contributed by atoms with Crippen LogP contribution in [-0.4, -0.2) is 17.9 Å². The zero-order valence-corrected chi connectivity index (χ0v) is 9.75. The van der Waals surface area contributed by atoms with Crippen LogP contribution in [0.4, 0.5) is 4.79 Å². The van der Waals surface area contributed by atoms with Crippen molar-refractivity contribution in [2.45, 2.75) is 64.6 Å². The fourth-order valence-electron chi connectivity index (χ4n) is 1.50. The first kappa shape index (κ1) is 12.3. The summed E-state index contributed by atoms with van der Waals surface area (Å²) in [5, 5.41) is 0. The van der Waals surface area contributed by atoms with Crippen LogP contribution >= 0.6 is 0 Å². The summed E-state index contributed by atoms with van der Waals surface area (Å²) in [5.74, 6) is 0. The van der Waals surface area contributed by atoms with Gasteiger partial charge in [-0.05, 0) is 46.5 Å². The molecule has 0 N–H and O–H groups in total. The predicted molar refractivity (Wildman–Crippen MR) is 55.3 cm³/mol. The molecule has 1 saturated carbocycles. The van der Waals surface area contributed by atoms with Gasteiger partial charge < -0.3 is 4.74 Å². The Hall–Kier alpha value is -0.770. The van der Waals surface area contributed by atoms with Crippen LogP contribution in [0.15, 0.2) is 0 Å². The summed E-state index contributed by atoms with van der Waals surface area (Å²) in [7, 11) is 0. The van der Waals surface area contributed by atoms with Gasteiger partial charge in [0.1, 0.15) is 11.7 Å². The number of rotatable bonds is 2. The molecule has 0 saturated heterocycles. The van der Waals surface area contributed by atoms with E-state index in [0.29, 0.717) is 0 Å². The Kier molecular flexibility index (Phi) is 4.39. The minimum absolute atomic E-state index is 0.00909. The Labute approximate surface area is 90.8 Å². The lowest BCUT2D eigenvalue weighted by molar-refractivity contribution is -0.314. The van der Waals surface area contributed by atoms with E-state index in [4.69, 9.17) is 9.62 Å². The molecule has 1 fully saturated rings. The van der Waals surface area contributed by atoms with Crippen molar-refractivity contribution in [2.75, 3.05) is 0 Å². The molecule has 0 aromatic carbocycles. The Balaban J connectivity index is 2.17. The second kappa shape index (κ2) is 5.35. The number of hydrogen-bond acceptors (Lipinski definition) is 4. The maximum absolute atomic E-state index is 11.2. The molecule has 0 amide bonds. The molecule has 0 aromatic heterocycles. The van der Waals surface area contributed by atoms with E-state index in [-0.39, 0.29) is 6.10 Å². The maximum atomic E-state index is 11.2. The average Bonchev–Trinajstić information content (AvgIpc) is 2.15. The molecular weight excluding hydrogens is 196 g/mol. The van der Waals surface area contributed by atoms with Crippen LogP contribution in [0.5, 0.6) is 0 Å². The number of carbonyl (C=O) groups excluding carboxylic acids is 1. The Bertz CT molecular complexity index is 201. The van der Waals surface area contributed by atoms with Gasteiger partial charge in [0.2, 0.25) is 0 Å². The van der Waals surface area contributed by atoms with Crippen molar-refractivity contribution in [1.29, 1.82) is 0 Å². The summed E-state index contributed by atoms with van der Waals surface area (Å²) in [6, 6.07) is 0. The van der Waals surface area contributed by atoms with Crippen LogP contribution in [0.1, 0.15) is 52.9 Å². The summed E-state index contributed by atoms with van der Waals surface area (Å²) >= 11 is 0. The van der Waals surface area contributed by atoms with Crippen LogP contribution in [0, 0.1) is 0 Å². The van der Waals surface area contributed by atoms with Gasteiger partial charge in [-0.25, -0.2) is 4.79 Å². The van der Waals surface area contributed by atoms with Gasteiger partial charge in [0, 0.05) is 0 Å². The van der Waals surface area contributed by atoms with Gasteiger partial charge in [-0.1, -0.05) is 6.42 Å². The molecular formula is C11H20O4. The van der Waals surface area contributed by atoms with Crippen LogP contribution < -0.4 is 0 Å². The second-order valence-electron chi connectivity index (χ2n) is 4.91. The molecule has 0 bridgehead atoms. The highest BCUT2D eigenvalue weighted by atomic mass is 17.2. The van der Waals surface area contributed by atoms with E-state index in [0.717, 1.165) is 25.7 Å². The number of ether oxygens (including phenoxy) is 1. The maximum Gasteiger partial charge on any atom is 0.540 e. The highest BCUT2D eigenvalue weighted by Gasteiger charge is 2.21. The third-order valence-corrected chi connectivity index (χ3v) is 2.17. The van der Waals surface area contributed by atoms with Crippen molar-refractivity contribution >= 4 is 6.16 Å². The van der Waals surface area contributed by atoms with Crippen LogP contribution in [0.2, 0.25) is 0 Å². The first-order valence-electron chi connectivity index (χ1n) is 5.54. The van der Waals surface area contributed by atoms with Crippen molar-refractivity contribution in [2.24, 2.45) is 0 Å². The first-order valence-corrected chi connectivity index (χ1v) is 5.54. The molecule has 0 radical (unpaired) electrons. The monoisotopic (exact) mass is 216 g/mol. The molecule has 4 nitrogen and oxygen atoms in total. The summed E-state index contributed by atoms with van der Waals surface area (Å²) in [5.41, 5.74) is -0.494. The standard InChI is InChI=1S/C11H20O4/c1-11(2,3)15-14-10(12)13-9-7-5-4-6-8-9/h9H,4-8H2,1-3H3. The van der Waals surface area contributed by atoms with Crippen molar-refractivity contribution in [3.63, 3.8) is 0 Å². The van der Waals surface area contributed by atoms with E-state index >= 15 is 0 Å². The van der Waals surface area contributed by atoms with Crippen LogP contribution in [-0.2, 0) is 14.5 Å². The van der Waals surface area contributed by atoms with Crippen LogP contribution in [0.3, 0.4) is 0 Å². The van der Waals surface area contributed by atoms with Crippen molar-refractivity contribution in [3.05, 3.63) is 0 Å². The molecule has 0 spiro atoms. The Morgan fingerprint density at radius 3 is 2.27 bits per heavy atom. The fraction of sp³-hybridized carbons (Fsp3) is 0.909. The van der Waals surface area contributed by atoms with E-state index in [1.165, 1.54) is 6.42 Å². The van der Waals surface area contributed by atoms with E-state index in [1.54, 1.807) is 20.8 Å². The van der Waals surface area contributed by atoms with Gasteiger partial charge in [-0.15, -0.1) is 0 Å². The lowest BCUT2D eigenvalue weighted by Gasteiger charge is -2.22. The third-order valence-electron chi connectivity index (χ3n) is 2.17. The Morgan fingerprint density at radius 2 is 1.73 bits per heavy atom. The Morgan fingerprint density at radius 1 is 1.13 bits per heavy atom. The summed E-state index contributed by atoms with van der Waals surface area (Å²) in [4.78, 5) is 20.6. The molecule has 1 aliphatic rings. The molecule has 4 heteroatoms. The first-order chi connectivity index (χ1) is 6.97. The van der Waals surface area contributed by atoms with E-state index in [1.807, 2.05) is 0 Å². The SMILES string of the molecule is CC(C)(C)OOC(=O)OC1CCCCC1. The van der Waals surface area contributed by atoms with E-state index in [9.17, 15) is 4.79 Å². The topological polar surface area (TPSA) is 44.8 Å². The third kappa shape index (κ3) is 5.62. The van der Waals surface area contributed by atoms with Gasteiger partial charge in [0.15, 0.2) is 0 Å². The molecule has 1 aliphatic carbocycles. The minimum Gasteiger partial charge on any atom is -0.429 e. The second-order valence-corrected chi connectivity index (χ2v) is 4.91. The van der Waals surface area contributed by atoms with Crippen molar-refractivity contribution in [3.8, 4) is 0 Å². The van der Waals surface area contributed by atoms with E-state index < -0.39 is 11.8 Å². The smallest absolute Gasteiger partial charge is 0.429 e. The molecule has 88 valence electrons.